The van der Waals surface area contributed by atoms with Crippen LogP contribution in [0, 0.1) is 3.57 Å². The zero-order valence-corrected chi connectivity index (χ0v) is 29.0. The smallest absolute Gasteiger partial charge is 0.343 e. The fourth-order valence-electron chi connectivity index (χ4n) is 4.51. The molecule has 0 saturated heterocycles. The van der Waals surface area contributed by atoms with Crippen molar-refractivity contribution in [2.75, 3.05) is 33.5 Å². The van der Waals surface area contributed by atoms with Gasteiger partial charge in [0.1, 0.15) is 12.4 Å². The highest BCUT2D eigenvalue weighted by molar-refractivity contribution is 14.1. The molecule has 3 aromatic rings. The van der Waals surface area contributed by atoms with Gasteiger partial charge in [0.2, 0.25) is 0 Å². The molecule has 0 amide bonds. The van der Waals surface area contributed by atoms with E-state index in [9.17, 15) is 14.4 Å². The fourth-order valence-corrected chi connectivity index (χ4v) is 7.25. The number of hydrogen-bond donors (Lipinski definition) is 0. The van der Waals surface area contributed by atoms with Gasteiger partial charge >= 0.3 is 11.9 Å². The third kappa shape index (κ3) is 7.26. The second-order valence-electron chi connectivity index (χ2n) is 9.21. The van der Waals surface area contributed by atoms with Gasteiger partial charge < -0.3 is 23.7 Å². The lowest BCUT2D eigenvalue weighted by atomic mass is 9.95. The molecule has 1 atom stereocenters. The Morgan fingerprint density at radius 1 is 1.14 bits per heavy atom. The number of carbonyl (C=O) groups excluding carboxylic acids is 2. The molecule has 0 aliphatic carbocycles. The highest BCUT2D eigenvalue weighted by Crippen LogP contribution is 2.37. The fraction of sp³-hybridized carbons (Fsp3) is 0.290. The molecule has 4 rings (SSSR count). The Bertz CT molecular complexity index is 1810. The van der Waals surface area contributed by atoms with Crippen LogP contribution in [-0.4, -0.2) is 50.0 Å². The topological polar surface area (TPSA) is 115 Å². The van der Waals surface area contributed by atoms with E-state index in [0.29, 0.717) is 56.6 Å². The van der Waals surface area contributed by atoms with Crippen molar-refractivity contribution in [3.8, 4) is 17.2 Å². The number of esters is 2. The first-order valence-corrected chi connectivity index (χ1v) is 16.2. The SMILES string of the molecule is C=CCOc1c(I)cc(Br)cc1/C=c1/sc2n(c1=O)[C@@H](c1ccc(OCC(=O)OC)c(OCC)c1)C(C(=O)OCC)=C(C)N=2. The van der Waals surface area contributed by atoms with Gasteiger partial charge in [0.25, 0.3) is 5.56 Å². The standard InChI is InChI=1S/C31H30BrIN2O8S/c1-6-11-42-28-19(12-20(32)15-21(28)33)14-24-29(37)35-27(26(30(38)41-8-3)17(4)34-31(35)44-24)18-9-10-22(23(13-18)40-7-2)43-16-25(36)39-5/h6,9-10,12-15,27H,1,7-8,11,16H2,2-5H3/b24-14+/t27-/m0/s1. The minimum atomic E-state index is -0.875. The Morgan fingerprint density at radius 2 is 1.91 bits per heavy atom. The molecule has 1 aliphatic heterocycles. The molecule has 0 fully saturated rings. The van der Waals surface area contributed by atoms with Crippen LogP contribution in [0.5, 0.6) is 17.2 Å². The van der Waals surface area contributed by atoms with Gasteiger partial charge in [-0.05, 0) is 79.3 Å². The van der Waals surface area contributed by atoms with Crippen LogP contribution in [0.3, 0.4) is 0 Å². The van der Waals surface area contributed by atoms with Crippen molar-refractivity contribution in [2.45, 2.75) is 26.8 Å². The van der Waals surface area contributed by atoms with E-state index < -0.39 is 18.0 Å². The molecule has 0 unspecified atom stereocenters. The number of thiazole rings is 1. The van der Waals surface area contributed by atoms with Gasteiger partial charge in [0, 0.05) is 10.0 Å². The van der Waals surface area contributed by atoms with Crippen molar-refractivity contribution in [3.63, 3.8) is 0 Å². The number of benzene rings is 2. The Balaban J connectivity index is 1.93. The molecular weight excluding hydrogens is 767 g/mol. The number of carbonyl (C=O) groups is 2. The summed E-state index contributed by atoms with van der Waals surface area (Å²) in [6.07, 6.45) is 3.41. The summed E-state index contributed by atoms with van der Waals surface area (Å²) in [6, 6.07) is 7.94. The molecule has 0 N–H and O–H groups in total. The molecule has 1 aliphatic rings. The first-order valence-electron chi connectivity index (χ1n) is 13.5. The Morgan fingerprint density at radius 3 is 2.59 bits per heavy atom. The zero-order valence-electron chi connectivity index (χ0n) is 24.5. The number of methoxy groups -OCH3 is 1. The van der Waals surface area contributed by atoms with Crippen LogP contribution in [0.4, 0.5) is 0 Å². The predicted octanol–water partition coefficient (Wildman–Crippen LogP) is 4.68. The molecule has 10 nitrogen and oxygen atoms in total. The highest BCUT2D eigenvalue weighted by Gasteiger charge is 2.34. The lowest BCUT2D eigenvalue weighted by Gasteiger charge is -2.25. The third-order valence-corrected chi connectivity index (χ3v) is 8.58. The van der Waals surface area contributed by atoms with E-state index in [0.717, 1.165) is 8.04 Å². The summed E-state index contributed by atoms with van der Waals surface area (Å²) in [5.41, 5.74) is 1.57. The summed E-state index contributed by atoms with van der Waals surface area (Å²) in [7, 11) is 1.27. The number of rotatable bonds is 12. The Kier molecular flexibility index (Phi) is 11.4. The van der Waals surface area contributed by atoms with Crippen LogP contribution in [0.15, 0.2) is 68.5 Å². The average Bonchev–Trinajstić information content (AvgIpc) is 3.29. The van der Waals surface area contributed by atoms with Gasteiger partial charge in [0.05, 0.1) is 45.7 Å². The normalized spacial score (nSPS) is 14.4. The lowest BCUT2D eigenvalue weighted by molar-refractivity contribution is -0.143. The van der Waals surface area contributed by atoms with Crippen molar-refractivity contribution in [1.29, 1.82) is 0 Å². The van der Waals surface area contributed by atoms with E-state index in [2.05, 4.69) is 54.8 Å². The van der Waals surface area contributed by atoms with Crippen molar-refractivity contribution < 1.29 is 33.3 Å². The van der Waals surface area contributed by atoms with Gasteiger partial charge in [-0.25, -0.2) is 14.6 Å². The molecule has 0 bridgehead atoms. The minimum Gasteiger partial charge on any atom is -0.490 e. The maximum atomic E-state index is 14.1. The molecule has 2 heterocycles. The van der Waals surface area contributed by atoms with Gasteiger partial charge in [-0.15, -0.1) is 0 Å². The molecule has 1 aromatic heterocycles. The van der Waals surface area contributed by atoms with E-state index in [1.165, 1.54) is 23.0 Å². The first kappa shape index (κ1) is 33.5. The minimum absolute atomic E-state index is 0.145. The van der Waals surface area contributed by atoms with Crippen LogP contribution < -0.4 is 29.1 Å². The summed E-state index contributed by atoms with van der Waals surface area (Å²) < 4.78 is 31.0. The maximum Gasteiger partial charge on any atom is 0.343 e. The molecule has 44 heavy (non-hydrogen) atoms. The second kappa shape index (κ2) is 15.0. The van der Waals surface area contributed by atoms with Gasteiger partial charge in [-0.1, -0.05) is 46.0 Å². The van der Waals surface area contributed by atoms with Gasteiger partial charge in [0.15, 0.2) is 22.9 Å². The van der Waals surface area contributed by atoms with E-state index in [-0.39, 0.29) is 24.3 Å². The molecule has 2 aromatic carbocycles. The van der Waals surface area contributed by atoms with E-state index in [4.69, 9.17) is 18.9 Å². The molecule has 232 valence electrons. The zero-order chi connectivity index (χ0) is 32.0. The van der Waals surface area contributed by atoms with Crippen molar-refractivity contribution in [3.05, 3.63) is 93.1 Å². The molecular formula is C31H30BrIN2O8S. The average molecular weight is 797 g/mol. The lowest BCUT2D eigenvalue weighted by Crippen LogP contribution is -2.40. The van der Waals surface area contributed by atoms with Crippen LogP contribution in [0.1, 0.15) is 37.9 Å². The number of fused-ring (bicyclic) bond motifs is 1. The van der Waals surface area contributed by atoms with Crippen molar-refractivity contribution in [2.24, 2.45) is 4.99 Å². The maximum absolute atomic E-state index is 14.1. The van der Waals surface area contributed by atoms with Gasteiger partial charge in [-0.2, -0.15) is 0 Å². The number of allylic oxidation sites excluding steroid dienone is 1. The Hall–Kier alpha value is -3.43. The number of ether oxygens (including phenoxy) is 5. The monoisotopic (exact) mass is 796 g/mol. The van der Waals surface area contributed by atoms with Crippen LogP contribution >= 0.6 is 49.9 Å². The third-order valence-electron chi connectivity index (χ3n) is 6.34. The molecule has 0 saturated carbocycles. The van der Waals surface area contributed by atoms with Gasteiger partial charge in [-0.3, -0.25) is 9.36 Å². The summed E-state index contributed by atoms with van der Waals surface area (Å²) in [4.78, 5) is 44.2. The van der Waals surface area contributed by atoms with Crippen LogP contribution in [0.2, 0.25) is 0 Å². The van der Waals surface area contributed by atoms with E-state index in [1.807, 2.05) is 19.1 Å². The molecule has 0 radical (unpaired) electrons. The summed E-state index contributed by atoms with van der Waals surface area (Å²) in [6.45, 7) is 9.40. The van der Waals surface area contributed by atoms with E-state index >= 15 is 0 Å². The van der Waals surface area contributed by atoms with Crippen molar-refractivity contribution in [1.82, 2.24) is 4.57 Å². The Labute approximate surface area is 279 Å². The van der Waals surface area contributed by atoms with Crippen LogP contribution in [-0.2, 0) is 19.1 Å². The number of aromatic nitrogens is 1. The first-order chi connectivity index (χ1) is 21.1. The summed E-state index contributed by atoms with van der Waals surface area (Å²) in [5.74, 6) is 0.122. The molecule has 0 spiro atoms. The summed E-state index contributed by atoms with van der Waals surface area (Å²) >= 11 is 6.92. The quantitative estimate of drug-likeness (QED) is 0.148. The number of hydrogen-bond acceptors (Lipinski definition) is 10. The molecule has 13 heteroatoms. The number of halogens is 2. The highest BCUT2D eigenvalue weighted by atomic mass is 127. The number of nitrogens with zero attached hydrogens (tertiary/aromatic N) is 2. The van der Waals surface area contributed by atoms with E-state index in [1.54, 1.807) is 44.2 Å². The van der Waals surface area contributed by atoms with Crippen LogP contribution in [0.25, 0.3) is 6.08 Å². The largest absolute Gasteiger partial charge is 0.490 e. The van der Waals surface area contributed by atoms with Crippen molar-refractivity contribution >= 4 is 67.9 Å². The predicted molar refractivity (Wildman–Crippen MR) is 178 cm³/mol. The summed E-state index contributed by atoms with van der Waals surface area (Å²) in [5, 5.41) is 0. The second-order valence-corrected chi connectivity index (χ2v) is 12.3.